The van der Waals surface area contributed by atoms with E-state index < -0.39 is 36.1 Å². The molecule has 13 heteroatoms. The number of hydrogen-bond donors (Lipinski definition) is 3. The number of aryl methyl sites for hydroxylation is 1. The number of aliphatic hydroxyl groups excluding tert-OH is 1. The van der Waals surface area contributed by atoms with E-state index in [4.69, 9.17) is 25.8 Å². The first-order chi connectivity index (χ1) is 18.3. The Kier molecular flexibility index (Phi) is 6.26. The van der Waals surface area contributed by atoms with Crippen molar-refractivity contribution < 1.29 is 28.1 Å². The van der Waals surface area contributed by atoms with Crippen molar-refractivity contribution in [1.82, 2.24) is 19.5 Å². The van der Waals surface area contributed by atoms with E-state index in [1.807, 2.05) is 0 Å². The number of aliphatic hydroxyl groups is 1. The van der Waals surface area contributed by atoms with Gasteiger partial charge < -0.3 is 34.2 Å². The van der Waals surface area contributed by atoms with Crippen LogP contribution in [-0.2, 0) is 23.1 Å². The van der Waals surface area contributed by atoms with Gasteiger partial charge in [0, 0.05) is 31.4 Å². The van der Waals surface area contributed by atoms with Crippen LogP contribution in [0.2, 0.25) is 5.02 Å². The predicted molar refractivity (Wildman–Crippen MR) is 133 cm³/mol. The van der Waals surface area contributed by atoms with E-state index in [9.17, 15) is 18.7 Å². The van der Waals surface area contributed by atoms with Crippen molar-refractivity contribution >= 4 is 28.6 Å². The van der Waals surface area contributed by atoms with E-state index in [0.717, 1.165) is 0 Å². The Bertz CT molecular complexity index is 1570. The van der Waals surface area contributed by atoms with Gasteiger partial charge in [0.1, 0.15) is 35.8 Å². The molecule has 2 aliphatic rings. The van der Waals surface area contributed by atoms with Crippen LogP contribution in [0, 0.1) is 11.6 Å². The molecule has 1 aromatic carbocycles. The van der Waals surface area contributed by atoms with Crippen molar-refractivity contribution in [3.05, 3.63) is 69.1 Å². The Labute approximate surface area is 219 Å². The van der Waals surface area contributed by atoms with Gasteiger partial charge in [-0.3, -0.25) is 4.79 Å². The molecule has 0 aliphatic carbocycles. The molecule has 38 heavy (non-hydrogen) atoms. The van der Waals surface area contributed by atoms with Gasteiger partial charge in [-0.25, -0.2) is 13.8 Å². The van der Waals surface area contributed by atoms with Gasteiger partial charge in [0.05, 0.1) is 23.8 Å². The minimum Gasteiger partial charge on any atom is -0.456 e. The standard InChI is InChI=1S/C25H22ClF2N5O5/c1-33-8-11(2-3-20(33)35)12-4-15(27)13(16(28)5-12)7-29-23-14(26)6-17-24(31-23)32-25(30-17)38-19-10-37-21-18(34)9-36-22(19)21/h2-6,8,18-19,21-22,34H,7,9-10H2,1H3,(H2,29,30,31,32)/t18-,19-,21-,22?/m1/s1. The molecule has 1 unspecified atom stereocenters. The lowest BCUT2D eigenvalue weighted by Gasteiger charge is -2.15. The summed E-state index contributed by atoms with van der Waals surface area (Å²) in [6.45, 7) is 0.195. The second kappa shape index (κ2) is 9.62. The number of halogens is 3. The molecule has 2 aliphatic heterocycles. The third kappa shape index (κ3) is 4.49. The summed E-state index contributed by atoms with van der Waals surface area (Å²) in [4.78, 5) is 23.3. The molecule has 2 fully saturated rings. The normalized spacial score (nSPS) is 22.7. The third-order valence-electron chi connectivity index (χ3n) is 6.64. The summed E-state index contributed by atoms with van der Waals surface area (Å²) in [5.41, 5.74) is 1.16. The molecule has 0 radical (unpaired) electrons. The first kappa shape index (κ1) is 24.7. The number of H-pyrrole nitrogens is 1. The van der Waals surface area contributed by atoms with Gasteiger partial charge in [0.2, 0.25) is 5.56 Å². The van der Waals surface area contributed by atoms with Gasteiger partial charge in [-0.1, -0.05) is 11.6 Å². The van der Waals surface area contributed by atoms with E-state index in [0.29, 0.717) is 16.6 Å². The lowest BCUT2D eigenvalue weighted by atomic mass is 10.0. The lowest BCUT2D eigenvalue weighted by molar-refractivity contribution is 0.00706. The Morgan fingerprint density at radius 2 is 1.92 bits per heavy atom. The van der Waals surface area contributed by atoms with Crippen molar-refractivity contribution in [2.75, 3.05) is 18.5 Å². The number of nitrogens with zero attached hydrogens (tertiary/aromatic N) is 3. The molecule has 0 bridgehead atoms. The maximum absolute atomic E-state index is 14.9. The quantitative estimate of drug-likeness (QED) is 0.338. The summed E-state index contributed by atoms with van der Waals surface area (Å²) in [7, 11) is 1.56. The summed E-state index contributed by atoms with van der Waals surface area (Å²) in [5, 5.41) is 13.0. The zero-order valence-corrected chi connectivity index (χ0v) is 20.7. The number of benzene rings is 1. The molecule has 0 saturated carbocycles. The molecule has 4 atom stereocenters. The first-order valence-corrected chi connectivity index (χ1v) is 12.2. The van der Waals surface area contributed by atoms with E-state index in [2.05, 4.69) is 20.3 Å². The average molecular weight is 546 g/mol. The fourth-order valence-electron chi connectivity index (χ4n) is 4.64. The van der Waals surface area contributed by atoms with Crippen molar-refractivity contribution in [1.29, 1.82) is 0 Å². The van der Waals surface area contributed by atoms with Crippen LogP contribution < -0.4 is 15.6 Å². The van der Waals surface area contributed by atoms with E-state index >= 15 is 0 Å². The number of pyridine rings is 2. The smallest absolute Gasteiger partial charge is 0.296 e. The molecule has 10 nitrogen and oxygen atoms in total. The number of aromatic nitrogens is 4. The van der Waals surface area contributed by atoms with Gasteiger partial charge in [0.15, 0.2) is 11.8 Å². The van der Waals surface area contributed by atoms with E-state index in [1.54, 1.807) is 13.1 Å². The zero-order chi connectivity index (χ0) is 26.6. The molecule has 6 rings (SSSR count). The molecule has 5 heterocycles. The van der Waals surface area contributed by atoms with Crippen LogP contribution in [0.15, 0.2) is 41.3 Å². The number of ether oxygens (including phenoxy) is 3. The second-order valence-electron chi connectivity index (χ2n) is 9.19. The maximum Gasteiger partial charge on any atom is 0.296 e. The highest BCUT2D eigenvalue weighted by atomic mass is 35.5. The molecular weight excluding hydrogens is 524 g/mol. The van der Waals surface area contributed by atoms with E-state index in [-0.39, 0.29) is 53.4 Å². The minimum absolute atomic E-state index is 0.172. The Balaban J connectivity index is 1.18. The lowest BCUT2D eigenvalue weighted by Crippen LogP contribution is -2.34. The number of hydrogen-bond acceptors (Lipinski definition) is 8. The largest absolute Gasteiger partial charge is 0.456 e. The Hall–Kier alpha value is -3.58. The Morgan fingerprint density at radius 1 is 1.16 bits per heavy atom. The molecule has 4 aromatic rings. The summed E-state index contributed by atoms with van der Waals surface area (Å²) in [6, 6.07) is 7.01. The van der Waals surface area contributed by atoms with Gasteiger partial charge in [0.25, 0.3) is 6.01 Å². The van der Waals surface area contributed by atoms with Crippen LogP contribution in [-0.4, -0.2) is 62.3 Å². The predicted octanol–water partition coefficient (Wildman–Crippen LogP) is 2.77. The molecule has 3 N–H and O–H groups in total. The highest BCUT2D eigenvalue weighted by molar-refractivity contribution is 6.33. The summed E-state index contributed by atoms with van der Waals surface area (Å²) in [6.07, 6.45) is -0.489. The van der Waals surface area contributed by atoms with Gasteiger partial charge in [-0.05, 0) is 35.4 Å². The maximum atomic E-state index is 14.9. The minimum atomic E-state index is -0.759. The molecule has 0 spiro atoms. The average Bonchev–Trinajstić information content (AvgIpc) is 3.57. The van der Waals surface area contributed by atoms with Crippen LogP contribution in [0.5, 0.6) is 6.01 Å². The number of anilines is 1. The van der Waals surface area contributed by atoms with Crippen molar-refractivity contribution in [2.24, 2.45) is 7.05 Å². The molecule has 198 valence electrons. The Morgan fingerprint density at radius 3 is 2.68 bits per heavy atom. The highest BCUT2D eigenvalue weighted by Gasteiger charge is 2.48. The summed E-state index contributed by atoms with van der Waals surface area (Å²) < 4.78 is 48.1. The molecule has 3 aromatic heterocycles. The van der Waals surface area contributed by atoms with Crippen LogP contribution in [0.1, 0.15) is 5.56 Å². The van der Waals surface area contributed by atoms with Crippen LogP contribution in [0.3, 0.4) is 0 Å². The van der Waals surface area contributed by atoms with Crippen LogP contribution in [0.25, 0.3) is 22.3 Å². The monoisotopic (exact) mass is 545 g/mol. The van der Waals surface area contributed by atoms with E-state index in [1.165, 1.54) is 35.0 Å². The van der Waals surface area contributed by atoms with Gasteiger partial charge >= 0.3 is 0 Å². The van der Waals surface area contributed by atoms with Crippen molar-refractivity contribution in [3.8, 4) is 17.1 Å². The highest BCUT2D eigenvalue weighted by Crippen LogP contribution is 2.31. The van der Waals surface area contributed by atoms with Gasteiger partial charge in [-0.2, -0.15) is 4.98 Å². The van der Waals surface area contributed by atoms with Crippen molar-refractivity contribution in [3.63, 3.8) is 0 Å². The summed E-state index contributed by atoms with van der Waals surface area (Å²) in [5.74, 6) is -1.33. The molecule has 0 amide bonds. The SMILES string of the molecule is Cn1cc(-c2cc(F)c(CNc3nc4nc(O[C@@H]5CO[C@H]6C5OC[C@H]6O)[nH]c4cc3Cl)c(F)c2)ccc1=O. The first-order valence-electron chi connectivity index (χ1n) is 11.8. The van der Waals surface area contributed by atoms with Gasteiger partial charge in [-0.15, -0.1) is 0 Å². The summed E-state index contributed by atoms with van der Waals surface area (Å²) >= 11 is 6.35. The number of rotatable bonds is 6. The number of imidazole rings is 1. The second-order valence-corrected chi connectivity index (χ2v) is 9.60. The zero-order valence-electron chi connectivity index (χ0n) is 20.0. The number of fused-ring (bicyclic) bond motifs is 2. The fraction of sp³-hybridized carbons (Fsp3) is 0.320. The number of aromatic amines is 1. The topological polar surface area (TPSA) is 124 Å². The van der Waals surface area contributed by atoms with Crippen LogP contribution in [0.4, 0.5) is 14.6 Å². The number of nitrogens with one attached hydrogen (secondary N) is 2. The molecule has 2 saturated heterocycles. The molecular formula is C25H22ClF2N5O5. The fourth-order valence-corrected chi connectivity index (χ4v) is 4.86. The van der Waals surface area contributed by atoms with Crippen LogP contribution >= 0.6 is 11.6 Å². The third-order valence-corrected chi connectivity index (χ3v) is 6.93. The van der Waals surface area contributed by atoms with Crippen molar-refractivity contribution in [2.45, 2.75) is 31.0 Å².